The number of morpholine rings is 1. The Morgan fingerprint density at radius 2 is 1.74 bits per heavy atom. The van der Waals surface area contributed by atoms with Gasteiger partial charge in [-0.3, -0.25) is 19.7 Å². The number of nitro groups is 1. The zero-order chi connectivity index (χ0) is 24.8. The number of likely N-dealkylation sites (tertiary alicyclic amines) is 1. The van der Waals surface area contributed by atoms with Gasteiger partial charge in [0.1, 0.15) is 0 Å². The van der Waals surface area contributed by atoms with Gasteiger partial charge in [-0.25, -0.2) is 0 Å². The largest absolute Gasteiger partial charge is 0.378 e. The summed E-state index contributed by atoms with van der Waals surface area (Å²) in [5, 5.41) is 14.2. The smallest absolute Gasteiger partial charge is 0.270 e. The van der Waals surface area contributed by atoms with Crippen LogP contribution in [0, 0.1) is 16.0 Å². The number of piperidine rings is 1. The van der Waals surface area contributed by atoms with Crippen LogP contribution in [0.5, 0.6) is 0 Å². The Bertz CT molecular complexity index is 1060. The van der Waals surface area contributed by atoms with E-state index in [1.165, 1.54) is 12.1 Å². The SMILES string of the molecule is NC(=O)C1CCN(CCc2ccc(NC(=O)c3cc([N+](=O)[O-])ccc3N3CCOCC3)cc2)CC1. The standard InChI is InChI=1S/C25H31N5O5/c26-24(31)19-8-11-28(12-9-19)10-7-18-1-3-20(4-2-18)27-25(32)22-17-21(30(33)34)5-6-23(22)29-13-15-35-16-14-29/h1-6,17,19H,7-16H2,(H2,26,31)(H,27,32). The number of nitrogens with zero attached hydrogens (tertiary/aromatic N) is 3. The summed E-state index contributed by atoms with van der Waals surface area (Å²) in [6, 6.07) is 12.0. The number of carbonyl (C=O) groups is 2. The first-order valence-corrected chi connectivity index (χ1v) is 11.9. The van der Waals surface area contributed by atoms with Crippen molar-refractivity contribution in [3.8, 4) is 0 Å². The van der Waals surface area contributed by atoms with Gasteiger partial charge in [0.25, 0.3) is 11.6 Å². The summed E-state index contributed by atoms with van der Waals surface area (Å²) in [7, 11) is 0. The fraction of sp³-hybridized carbons (Fsp3) is 0.440. The van der Waals surface area contributed by atoms with Crippen LogP contribution in [0.4, 0.5) is 17.1 Å². The highest BCUT2D eigenvalue weighted by atomic mass is 16.6. The van der Waals surface area contributed by atoms with Crippen molar-refractivity contribution < 1.29 is 19.2 Å². The normalized spacial score (nSPS) is 17.2. The fourth-order valence-corrected chi connectivity index (χ4v) is 4.58. The molecule has 2 aromatic rings. The monoisotopic (exact) mass is 481 g/mol. The maximum Gasteiger partial charge on any atom is 0.270 e. The zero-order valence-electron chi connectivity index (χ0n) is 19.7. The molecule has 186 valence electrons. The van der Waals surface area contributed by atoms with Crippen LogP contribution in [0.3, 0.4) is 0 Å². The van der Waals surface area contributed by atoms with Crippen LogP contribution >= 0.6 is 0 Å². The summed E-state index contributed by atoms with van der Waals surface area (Å²) in [5.74, 6) is -0.603. The molecule has 2 saturated heterocycles. The first kappa shape index (κ1) is 24.6. The number of ether oxygens (including phenoxy) is 1. The van der Waals surface area contributed by atoms with Crippen LogP contribution in [0.25, 0.3) is 0 Å². The number of hydrogen-bond acceptors (Lipinski definition) is 7. The second-order valence-electron chi connectivity index (χ2n) is 8.98. The Morgan fingerprint density at radius 3 is 2.37 bits per heavy atom. The van der Waals surface area contributed by atoms with Gasteiger partial charge in [-0.1, -0.05) is 12.1 Å². The van der Waals surface area contributed by atoms with Crippen molar-refractivity contribution in [3.63, 3.8) is 0 Å². The van der Waals surface area contributed by atoms with Crippen LogP contribution in [0.1, 0.15) is 28.8 Å². The van der Waals surface area contributed by atoms with E-state index in [1.807, 2.05) is 29.2 Å². The molecule has 35 heavy (non-hydrogen) atoms. The first-order valence-electron chi connectivity index (χ1n) is 11.9. The lowest BCUT2D eigenvalue weighted by atomic mass is 9.96. The van der Waals surface area contributed by atoms with E-state index < -0.39 is 4.92 Å². The molecule has 0 aromatic heterocycles. The number of non-ortho nitro benzene ring substituents is 1. The molecule has 0 atom stereocenters. The van der Waals surface area contributed by atoms with Gasteiger partial charge in [-0.2, -0.15) is 0 Å². The minimum Gasteiger partial charge on any atom is -0.378 e. The molecular weight excluding hydrogens is 450 g/mol. The Kier molecular flexibility index (Phi) is 7.94. The van der Waals surface area contributed by atoms with Crippen molar-refractivity contribution >= 4 is 28.9 Å². The molecule has 0 radical (unpaired) electrons. The highest BCUT2D eigenvalue weighted by Crippen LogP contribution is 2.27. The van der Waals surface area contributed by atoms with Crippen LogP contribution in [-0.2, 0) is 16.0 Å². The lowest BCUT2D eigenvalue weighted by molar-refractivity contribution is -0.384. The van der Waals surface area contributed by atoms with Crippen molar-refractivity contribution in [2.75, 3.05) is 56.2 Å². The topological polar surface area (TPSA) is 131 Å². The lowest BCUT2D eigenvalue weighted by Gasteiger charge is -2.30. The Morgan fingerprint density at radius 1 is 1.06 bits per heavy atom. The average molecular weight is 482 g/mol. The molecule has 4 rings (SSSR count). The summed E-state index contributed by atoms with van der Waals surface area (Å²) in [5.41, 5.74) is 7.98. The third-order valence-corrected chi connectivity index (χ3v) is 6.71. The van der Waals surface area contributed by atoms with Gasteiger partial charge in [0.2, 0.25) is 5.91 Å². The molecule has 2 heterocycles. The molecule has 10 nitrogen and oxygen atoms in total. The quantitative estimate of drug-likeness (QED) is 0.437. The number of anilines is 2. The number of hydrogen-bond donors (Lipinski definition) is 2. The van der Waals surface area contributed by atoms with Crippen molar-refractivity contribution in [2.24, 2.45) is 11.7 Å². The predicted octanol–water partition coefficient (Wildman–Crippen LogP) is 2.42. The van der Waals surface area contributed by atoms with Crippen LogP contribution in [-0.4, -0.2) is 67.6 Å². The van der Waals surface area contributed by atoms with Crippen molar-refractivity contribution in [1.82, 2.24) is 4.90 Å². The molecule has 0 aliphatic carbocycles. The predicted molar refractivity (Wildman–Crippen MR) is 133 cm³/mol. The molecule has 2 fully saturated rings. The van der Waals surface area contributed by atoms with Gasteiger partial charge in [0.05, 0.1) is 29.4 Å². The van der Waals surface area contributed by atoms with E-state index in [9.17, 15) is 19.7 Å². The highest BCUT2D eigenvalue weighted by molar-refractivity contribution is 6.08. The highest BCUT2D eigenvalue weighted by Gasteiger charge is 2.23. The van der Waals surface area contributed by atoms with E-state index in [0.717, 1.165) is 44.5 Å². The Balaban J connectivity index is 1.38. The summed E-state index contributed by atoms with van der Waals surface area (Å²) in [6.07, 6.45) is 2.48. The van der Waals surface area contributed by atoms with Crippen LogP contribution in [0.15, 0.2) is 42.5 Å². The lowest BCUT2D eigenvalue weighted by Crippen LogP contribution is -2.39. The van der Waals surface area contributed by atoms with Crippen LogP contribution < -0.4 is 16.0 Å². The maximum absolute atomic E-state index is 13.1. The number of primary amides is 1. The zero-order valence-corrected chi connectivity index (χ0v) is 19.7. The summed E-state index contributed by atoms with van der Waals surface area (Å²) >= 11 is 0. The third kappa shape index (κ3) is 6.34. The molecule has 3 N–H and O–H groups in total. The second kappa shape index (κ2) is 11.3. The Labute approximate surface area is 204 Å². The number of carbonyl (C=O) groups excluding carboxylic acids is 2. The van der Waals surface area contributed by atoms with E-state index >= 15 is 0 Å². The summed E-state index contributed by atoms with van der Waals surface area (Å²) in [4.78, 5) is 39.6. The summed E-state index contributed by atoms with van der Waals surface area (Å²) in [6.45, 7) is 4.96. The van der Waals surface area contributed by atoms with Gasteiger partial charge < -0.3 is 25.6 Å². The van der Waals surface area contributed by atoms with Crippen LogP contribution in [0.2, 0.25) is 0 Å². The molecular formula is C25H31N5O5. The molecule has 2 aliphatic heterocycles. The van der Waals surface area contributed by atoms with Gasteiger partial charge >= 0.3 is 0 Å². The molecule has 2 amide bonds. The number of rotatable bonds is 8. The van der Waals surface area contributed by atoms with E-state index in [-0.39, 0.29) is 29.0 Å². The minimum atomic E-state index is -0.495. The number of nitrogens with two attached hydrogens (primary N) is 1. The molecule has 0 unspecified atom stereocenters. The number of nitro benzene ring substituents is 1. The van der Waals surface area contributed by atoms with E-state index in [4.69, 9.17) is 10.5 Å². The average Bonchev–Trinajstić information content (AvgIpc) is 2.88. The van der Waals surface area contributed by atoms with E-state index in [1.54, 1.807) is 6.07 Å². The van der Waals surface area contributed by atoms with Crippen molar-refractivity contribution in [3.05, 3.63) is 63.7 Å². The molecule has 0 saturated carbocycles. The minimum absolute atomic E-state index is 0.0102. The first-order chi connectivity index (χ1) is 16.9. The van der Waals surface area contributed by atoms with Gasteiger partial charge in [0.15, 0.2) is 0 Å². The van der Waals surface area contributed by atoms with Gasteiger partial charge in [-0.15, -0.1) is 0 Å². The molecule has 10 heteroatoms. The third-order valence-electron chi connectivity index (χ3n) is 6.71. The number of amides is 2. The van der Waals surface area contributed by atoms with E-state index in [2.05, 4.69) is 10.2 Å². The van der Waals surface area contributed by atoms with Gasteiger partial charge in [-0.05, 0) is 56.1 Å². The molecule has 2 aliphatic rings. The fourth-order valence-electron chi connectivity index (χ4n) is 4.58. The van der Waals surface area contributed by atoms with Crippen molar-refractivity contribution in [2.45, 2.75) is 19.3 Å². The second-order valence-corrected chi connectivity index (χ2v) is 8.98. The maximum atomic E-state index is 13.1. The number of benzene rings is 2. The summed E-state index contributed by atoms with van der Waals surface area (Å²) < 4.78 is 5.39. The molecule has 0 bridgehead atoms. The molecule has 2 aromatic carbocycles. The molecule has 0 spiro atoms. The number of nitrogens with one attached hydrogen (secondary N) is 1. The Hall–Kier alpha value is -3.50. The van der Waals surface area contributed by atoms with Crippen molar-refractivity contribution in [1.29, 1.82) is 0 Å². The van der Waals surface area contributed by atoms with E-state index in [0.29, 0.717) is 37.7 Å². The van der Waals surface area contributed by atoms with Gasteiger partial charge in [0, 0.05) is 43.4 Å².